The van der Waals surface area contributed by atoms with Gasteiger partial charge in [0.05, 0.1) is 17.1 Å². The van der Waals surface area contributed by atoms with Crippen LogP contribution in [0, 0.1) is 0 Å². The highest BCUT2D eigenvalue weighted by Crippen LogP contribution is 2.34. The molecule has 6 rings (SSSR count). The fourth-order valence-electron chi connectivity index (χ4n) is 5.15. The summed E-state index contributed by atoms with van der Waals surface area (Å²) in [5, 5.41) is 18.7. The first kappa shape index (κ1) is 26.0. The van der Waals surface area contributed by atoms with Crippen LogP contribution in [0.1, 0.15) is 39.5 Å². The summed E-state index contributed by atoms with van der Waals surface area (Å²) in [4.78, 5) is 2.33. The summed E-state index contributed by atoms with van der Waals surface area (Å²) in [5.41, 5.74) is 17.7. The predicted molar refractivity (Wildman–Crippen MR) is 172 cm³/mol. The molecular formula is C31H36N8S. The van der Waals surface area contributed by atoms with Gasteiger partial charge in [-0.3, -0.25) is 10.9 Å². The lowest BCUT2D eigenvalue weighted by atomic mass is 10.1. The standard InChI is InChI=1S/C31H36N8S/c1-3-21(2)32-26-15-16-27(23-12-6-5-11-22(23)26)33-34-28-17-18-29(25-14-8-7-13-24(25)28)35-36-30-37-38-31(40-30)39-19-9-4-10-20-39/h5-8,11-18,21,32-35H,3-4,9-10,19-20H2,1-2H3,(H,36,37). The third-order valence-corrected chi connectivity index (χ3v) is 8.44. The summed E-state index contributed by atoms with van der Waals surface area (Å²) in [6.07, 6.45) is 4.81. The Morgan fingerprint density at radius 1 is 0.675 bits per heavy atom. The van der Waals surface area contributed by atoms with Gasteiger partial charge in [-0.15, -0.1) is 10.2 Å². The van der Waals surface area contributed by atoms with Crippen molar-refractivity contribution in [1.82, 2.24) is 10.2 Å². The molecule has 0 radical (unpaired) electrons. The second-order valence-corrected chi connectivity index (χ2v) is 11.3. The number of nitrogens with zero attached hydrogens (tertiary/aromatic N) is 3. The molecule has 5 aromatic rings. The lowest BCUT2D eigenvalue weighted by molar-refractivity contribution is 0.575. The van der Waals surface area contributed by atoms with Crippen LogP contribution in [0.3, 0.4) is 0 Å². The molecule has 0 spiro atoms. The SMILES string of the molecule is CCC(C)Nc1ccc(NNc2ccc(NNc3nnc(N4CCCCC4)s3)c3ccccc23)c2ccccc12. The van der Waals surface area contributed by atoms with Gasteiger partial charge in [0.1, 0.15) is 0 Å². The van der Waals surface area contributed by atoms with E-state index in [1.807, 2.05) is 0 Å². The van der Waals surface area contributed by atoms with Gasteiger partial charge in [0, 0.05) is 46.4 Å². The lowest BCUT2D eigenvalue weighted by Gasteiger charge is -2.25. The third-order valence-electron chi connectivity index (χ3n) is 7.54. The fourth-order valence-corrected chi connectivity index (χ4v) is 5.90. The van der Waals surface area contributed by atoms with E-state index in [9.17, 15) is 0 Å². The van der Waals surface area contributed by atoms with E-state index in [2.05, 4.69) is 129 Å². The Labute approximate surface area is 239 Å². The highest BCUT2D eigenvalue weighted by molar-refractivity contribution is 7.19. The van der Waals surface area contributed by atoms with E-state index in [0.29, 0.717) is 6.04 Å². The first-order valence-electron chi connectivity index (χ1n) is 14.1. The van der Waals surface area contributed by atoms with Crippen molar-refractivity contribution < 1.29 is 0 Å². The molecule has 8 nitrogen and oxygen atoms in total. The highest BCUT2D eigenvalue weighted by Gasteiger charge is 2.16. The maximum Gasteiger partial charge on any atom is 0.225 e. The first-order chi connectivity index (χ1) is 19.7. The molecule has 2 heterocycles. The largest absolute Gasteiger partial charge is 0.382 e. The Bertz CT molecular complexity index is 1590. The van der Waals surface area contributed by atoms with Crippen molar-refractivity contribution in [1.29, 1.82) is 0 Å². The minimum atomic E-state index is 0.414. The van der Waals surface area contributed by atoms with Gasteiger partial charge < -0.3 is 21.1 Å². The number of hydrogen-bond acceptors (Lipinski definition) is 9. The first-order valence-corrected chi connectivity index (χ1v) is 14.9. The van der Waals surface area contributed by atoms with E-state index in [-0.39, 0.29) is 0 Å². The average molecular weight is 553 g/mol. The molecule has 9 heteroatoms. The lowest BCUT2D eigenvalue weighted by Crippen LogP contribution is -2.29. The van der Waals surface area contributed by atoms with Gasteiger partial charge in [-0.1, -0.05) is 66.8 Å². The monoisotopic (exact) mass is 552 g/mol. The summed E-state index contributed by atoms with van der Waals surface area (Å²) in [6, 6.07) is 25.7. The molecule has 1 unspecified atom stereocenters. The van der Waals surface area contributed by atoms with E-state index < -0.39 is 0 Å². The highest BCUT2D eigenvalue weighted by atomic mass is 32.1. The number of aromatic nitrogens is 2. The summed E-state index contributed by atoms with van der Waals surface area (Å²) in [7, 11) is 0. The zero-order valence-corrected chi connectivity index (χ0v) is 23.8. The van der Waals surface area contributed by atoms with Gasteiger partial charge in [-0.25, -0.2) is 0 Å². The van der Waals surface area contributed by atoms with E-state index in [0.717, 1.165) is 68.7 Å². The molecule has 1 aliphatic rings. The Morgan fingerprint density at radius 2 is 1.18 bits per heavy atom. The number of rotatable bonds is 10. The van der Waals surface area contributed by atoms with Gasteiger partial charge in [-0.05, 0) is 56.9 Å². The van der Waals surface area contributed by atoms with Crippen molar-refractivity contribution in [2.75, 3.05) is 45.0 Å². The maximum atomic E-state index is 4.40. The van der Waals surface area contributed by atoms with Crippen LogP contribution in [0.2, 0.25) is 0 Å². The van der Waals surface area contributed by atoms with Gasteiger partial charge in [0.25, 0.3) is 0 Å². The van der Waals surface area contributed by atoms with Crippen molar-refractivity contribution >= 4 is 65.9 Å². The minimum Gasteiger partial charge on any atom is -0.382 e. The van der Waals surface area contributed by atoms with Crippen molar-refractivity contribution in [3.63, 3.8) is 0 Å². The molecule has 1 fully saturated rings. The fraction of sp³-hybridized carbons (Fsp3) is 0.290. The number of anilines is 6. The van der Waals surface area contributed by atoms with Gasteiger partial charge in [0.2, 0.25) is 10.3 Å². The second kappa shape index (κ2) is 11.9. The summed E-state index contributed by atoms with van der Waals surface area (Å²) in [6.45, 7) is 6.53. The van der Waals surface area contributed by atoms with Crippen LogP contribution >= 0.6 is 11.3 Å². The molecule has 0 saturated carbocycles. The number of hydrogen-bond donors (Lipinski definition) is 5. The van der Waals surface area contributed by atoms with Crippen LogP contribution in [0.25, 0.3) is 21.5 Å². The molecule has 206 valence electrons. The summed E-state index contributed by atoms with van der Waals surface area (Å²) >= 11 is 1.58. The molecule has 1 saturated heterocycles. The summed E-state index contributed by atoms with van der Waals surface area (Å²) in [5.74, 6) is 0. The topological polar surface area (TPSA) is 89.2 Å². The number of fused-ring (bicyclic) bond motifs is 2. The van der Waals surface area contributed by atoms with Crippen LogP contribution in [0.5, 0.6) is 0 Å². The van der Waals surface area contributed by atoms with Gasteiger partial charge in [0.15, 0.2) is 0 Å². The van der Waals surface area contributed by atoms with Gasteiger partial charge in [-0.2, -0.15) is 0 Å². The van der Waals surface area contributed by atoms with Crippen molar-refractivity contribution in [2.45, 2.75) is 45.6 Å². The molecule has 0 aliphatic carbocycles. The quantitative estimate of drug-likeness (QED) is 0.112. The van der Waals surface area contributed by atoms with Crippen LogP contribution in [0.4, 0.5) is 33.0 Å². The van der Waals surface area contributed by atoms with Crippen LogP contribution in [0.15, 0.2) is 72.8 Å². The molecule has 4 aromatic carbocycles. The number of nitrogens with one attached hydrogen (secondary N) is 5. The smallest absolute Gasteiger partial charge is 0.225 e. The number of benzene rings is 4. The molecule has 0 amide bonds. The molecule has 1 atom stereocenters. The van der Waals surface area contributed by atoms with E-state index in [1.165, 1.54) is 24.6 Å². The third kappa shape index (κ3) is 5.56. The molecular weight excluding hydrogens is 516 g/mol. The Morgan fingerprint density at radius 3 is 1.73 bits per heavy atom. The van der Waals surface area contributed by atoms with Crippen molar-refractivity contribution in [2.24, 2.45) is 0 Å². The minimum absolute atomic E-state index is 0.414. The molecule has 1 aliphatic heterocycles. The average Bonchev–Trinajstić information content (AvgIpc) is 3.49. The second-order valence-electron chi connectivity index (χ2n) is 10.3. The zero-order valence-electron chi connectivity index (χ0n) is 23.0. The van der Waals surface area contributed by atoms with E-state index in [4.69, 9.17) is 0 Å². The molecule has 5 N–H and O–H groups in total. The van der Waals surface area contributed by atoms with E-state index >= 15 is 0 Å². The van der Waals surface area contributed by atoms with Crippen molar-refractivity contribution in [3.8, 4) is 0 Å². The number of hydrazine groups is 2. The Hall–Kier alpha value is -4.24. The van der Waals surface area contributed by atoms with Gasteiger partial charge >= 0.3 is 0 Å². The van der Waals surface area contributed by atoms with Crippen LogP contribution in [-0.2, 0) is 0 Å². The van der Waals surface area contributed by atoms with Crippen molar-refractivity contribution in [3.05, 3.63) is 72.8 Å². The normalized spacial score (nSPS) is 14.2. The number of piperidine rings is 1. The summed E-state index contributed by atoms with van der Waals surface area (Å²) < 4.78 is 0. The predicted octanol–water partition coefficient (Wildman–Crippen LogP) is 7.92. The maximum absolute atomic E-state index is 4.40. The van der Waals surface area contributed by atoms with Crippen LogP contribution < -0.4 is 31.9 Å². The van der Waals surface area contributed by atoms with Crippen LogP contribution in [-0.4, -0.2) is 29.3 Å². The Balaban J connectivity index is 1.18. The van der Waals surface area contributed by atoms with E-state index in [1.54, 1.807) is 11.3 Å². The Kier molecular flexibility index (Phi) is 7.72. The molecule has 40 heavy (non-hydrogen) atoms. The molecule has 1 aromatic heterocycles. The zero-order chi connectivity index (χ0) is 27.3. The molecule has 0 bridgehead atoms.